The summed E-state index contributed by atoms with van der Waals surface area (Å²) in [5.74, 6) is -0.249. The lowest BCUT2D eigenvalue weighted by molar-refractivity contribution is 0.386. The second kappa shape index (κ2) is 4.71. The molecule has 1 atom stereocenters. The van der Waals surface area contributed by atoms with Crippen LogP contribution in [0.3, 0.4) is 0 Å². The minimum atomic E-state index is -0.415. The number of hydrogen-bond donors (Lipinski definition) is 0. The number of alkyl halides is 1. The van der Waals surface area contributed by atoms with Gasteiger partial charge in [0.15, 0.2) is 11.6 Å². The first kappa shape index (κ1) is 11.9. The standard InChI is InChI=1S/C11H11ClFN3O/c1-7(12)10-6-16(15-14-10)8-3-4-9(13)11(5-8)17-2/h3-7H,1-2H3. The molecule has 17 heavy (non-hydrogen) atoms. The molecule has 1 aromatic carbocycles. The van der Waals surface area contributed by atoms with Crippen LogP contribution in [0, 0.1) is 5.82 Å². The van der Waals surface area contributed by atoms with Gasteiger partial charge in [-0.2, -0.15) is 0 Å². The summed E-state index contributed by atoms with van der Waals surface area (Å²) < 4.78 is 19.7. The van der Waals surface area contributed by atoms with E-state index >= 15 is 0 Å². The van der Waals surface area contributed by atoms with E-state index in [1.807, 2.05) is 0 Å². The summed E-state index contributed by atoms with van der Waals surface area (Å²) in [4.78, 5) is 0. The Morgan fingerprint density at radius 1 is 1.47 bits per heavy atom. The molecule has 0 amide bonds. The molecule has 1 aromatic heterocycles. The molecule has 0 bridgehead atoms. The SMILES string of the molecule is COc1cc(-n2cc(C(C)Cl)nn2)ccc1F. The van der Waals surface area contributed by atoms with E-state index in [1.54, 1.807) is 25.3 Å². The molecule has 6 heteroatoms. The van der Waals surface area contributed by atoms with Crippen LogP contribution in [0.15, 0.2) is 24.4 Å². The van der Waals surface area contributed by atoms with Gasteiger partial charge in [-0.05, 0) is 19.1 Å². The highest BCUT2D eigenvalue weighted by molar-refractivity contribution is 6.20. The number of methoxy groups -OCH3 is 1. The molecule has 0 saturated carbocycles. The van der Waals surface area contributed by atoms with Crippen molar-refractivity contribution < 1.29 is 9.13 Å². The van der Waals surface area contributed by atoms with Crippen molar-refractivity contribution >= 4 is 11.6 Å². The van der Waals surface area contributed by atoms with Crippen LogP contribution < -0.4 is 4.74 Å². The van der Waals surface area contributed by atoms with Crippen molar-refractivity contribution in [3.8, 4) is 11.4 Å². The first-order valence-electron chi connectivity index (χ1n) is 5.02. The van der Waals surface area contributed by atoms with Crippen LogP contribution in [-0.2, 0) is 0 Å². The Balaban J connectivity index is 2.38. The molecule has 0 aliphatic heterocycles. The van der Waals surface area contributed by atoms with E-state index in [-0.39, 0.29) is 11.1 Å². The molecule has 2 rings (SSSR count). The van der Waals surface area contributed by atoms with Crippen molar-refractivity contribution in [3.63, 3.8) is 0 Å². The third-order valence-corrected chi connectivity index (χ3v) is 2.54. The minimum absolute atomic E-state index is 0.165. The van der Waals surface area contributed by atoms with Crippen molar-refractivity contribution in [2.45, 2.75) is 12.3 Å². The average molecular weight is 256 g/mol. The van der Waals surface area contributed by atoms with Crippen molar-refractivity contribution in [2.24, 2.45) is 0 Å². The monoisotopic (exact) mass is 255 g/mol. The first-order valence-corrected chi connectivity index (χ1v) is 5.45. The topological polar surface area (TPSA) is 39.9 Å². The minimum Gasteiger partial charge on any atom is -0.494 e. The molecule has 0 aliphatic rings. The Hall–Kier alpha value is -1.62. The van der Waals surface area contributed by atoms with Crippen molar-refractivity contribution in [1.29, 1.82) is 0 Å². The van der Waals surface area contributed by atoms with E-state index in [0.29, 0.717) is 11.4 Å². The molecule has 90 valence electrons. The van der Waals surface area contributed by atoms with Crippen LogP contribution in [-0.4, -0.2) is 22.1 Å². The maximum absolute atomic E-state index is 13.2. The summed E-state index contributed by atoms with van der Waals surface area (Å²) in [6.07, 6.45) is 1.70. The lowest BCUT2D eigenvalue weighted by Gasteiger charge is -2.04. The molecule has 0 saturated heterocycles. The summed E-state index contributed by atoms with van der Waals surface area (Å²) in [5.41, 5.74) is 1.33. The van der Waals surface area contributed by atoms with E-state index in [9.17, 15) is 4.39 Å². The van der Waals surface area contributed by atoms with Gasteiger partial charge >= 0.3 is 0 Å². The zero-order valence-electron chi connectivity index (χ0n) is 9.39. The van der Waals surface area contributed by atoms with Crippen LogP contribution in [0.2, 0.25) is 0 Å². The van der Waals surface area contributed by atoms with Crippen molar-refractivity contribution in [3.05, 3.63) is 35.9 Å². The highest BCUT2D eigenvalue weighted by atomic mass is 35.5. The van der Waals surface area contributed by atoms with E-state index < -0.39 is 5.82 Å². The molecule has 4 nitrogen and oxygen atoms in total. The summed E-state index contributed by atoms with van der Waals surface area (Å²) in [6.45, 7) is 1.81. The summed E-state index contributed by atoms with van der Waals surface area (Å²) in [7, 11) is 1.41. The van der Waals surface area contributed by atoms with Gasteiger partial charge in [0, 0.05) is 6.07 Å². The zero-order chi connectivity index (χ0) is 12.4. The summed E-state index contributed by atoms with van der Waals surface area (Å²) in [6, 6.07) is 4.46. The number of nitrogens with zero attached hydrogens (tertiary/aromatic N) is 3. The largest absolute Gasteiger partial charge is 0.494 e. The van der Waals surface area contributed by atoms with Crippen LogP contribution >= 0.6 is 11.6 Å². The normalized spacial score (nSPS) is 12.5. The maximum atomic E-state index is 13.2. The maximum Gasteiger partial charge on any atom is 0.165 e. The Bertz CT molecular complexity index is 527. The number of ether oxygens (including phenoxy) is 1. The van der Waals surface area contributed by atoms with Crippen LogP contribution in [0.5, 0.6) is 5.75 Å². The average Bonchev–Trinajstić information content (AvgIpc) is 2.79. The molecule has 0 fully saturated rings. The lowest BCUT2D eigenvalue weighted by atomic mass is 10.3. The Morgan fingerprint density at radius 3 is 2.82 bits per heavy atom. The van der Waals surface area contributed by atoms with Gasteiger partial charge in [0.05, 0.1) is 24.4 Å². The fraction of sp³-hybridized carbons (Fsp3) is 0.273. The number of rotatable bonds is 3. The van der Waals surface area contributed by atoms with Gasteiger partial charge in [0.2, 0.25) is 0 Å². The number of benzene rings is 1. The third-order valence-electron chi connectivity index (χ3n) is 2.32. The molecular weight excluding hydrogens is 245 g/mol. The van der Waals surface area contributed by atoms with Crippen LogP contribution in [0.1, 0.15) is 18.0 Å². The van der Waals surface area contributed by atoms with Gasteiger partial charge in [-0.3, -0.25) is 0 Å². The molecule has 0 N–H and O–H groups in total. The fourth-order valence-electron chi connectivity index (χ4n) is 1.38. The molecule has 0 aliphatic carbocycles. The predicted octanol–water partition coefficient (Wildman–Crippen LogP) is 2.71. The number of halogens is 2. The van der Waals surface area contributed by atoms with Gasteiger partial charge in [-0.15, -0.1) is 16.7 Å². The van der Waals surface area contributed by atoms with E-state index in [2.05, 4.69) is 10.3 Å². The first-order chi connectivity index (χ1) is 8.11. The number of aromatic nitrogens is 3. The number of hydrogen-bond acceptors (Lipinski definition) is 3. The molecule has 1 heterocycles. The predicted molar refractivity (Wildman–Crippen MR) is 62.1 cm³/mol. The lowest BCUT2D eigenvalue weighted by Crippen LogP contribution is -1.97. The van der Waals surface area contributed by atoms with Gasteiger partial charge in [0.1, 0.15) is 5.69 Å². The highest BCUT2D eigenvalue weighted by Crippen LogP contribution is 2.22. The zero-order valence-corrected chi connectivity index (χ0v) is 10.1. The molecule has 0 radical (unpaired) electrons. The van der Waals surface area contributed by atoms with Gasteiger partial charge in [0.25, 0.3) is 0 Å². The van der Waals surface area contributed by atoms with Gasteiger partial charge < -0.3 is 4.74 Å². The molecular formula is C11H11ClFN3O. The van der Waals surface area contributed by atoms with E-state index in [1.165, 1.54) is 17.9 Å². The third kappa shape index (κ3) is 2.39. The second-order valence-electron chi connectivity index (χ2n) is 3.52. The second-order valence-corrected chi connectivity index (χ2v) is 4.18. The van der Waals surface area contributed by atoms with Gasteiger partial charge in [-0.1, -0.05) is 5.21 Å². The molecule has 0 spiro atoms. The van der Waals surface area contributed by atoms with Crippen molar-refractivity contribution in [2.75, 3.05) is 7.11 Å². The summed E-state index contributed by atoms with van der Waals surface area (Å²) >= 11 is 5.89. The smallest absolute Gasteiger partial charge is 0.165 e. The van der Waals surface area contributed by atoms with E-state index in [0.717, 1.165) is 0 Å². The highest BCUT2D eigenvalue weighted by Gasteiger charge is 2.09. The fourth-order valence-corrected chi connectivity index (χ4v) is 1.48. The van der Waals surface area contributed by atoms with Crippen LogP contribution in [0.25, 0.3) is 5.69 Å². The van der Waals surface area contributed by atoms with Crippen LogP contribution in [0.4, 0.5) is 4.39 Å². The van der Waals surface area contributed by atoms with E-state index in [4.69, 9.17) is 16.3 Å². The summed E-state index contributed by atoms with van der Waals surface area (Å²) in [5, 5.41) is 7.62. The quantitative estimate of drug-likeness (QED) is 0.792. The Labute approximate surface area is 103 Å². The van der Waals surface area contributed by atoms with Gasteiger partial charge in [-0.25, -0.2) is 9.07 Å². The van der Waals surface area contributed by atoms with Crippen molar-refractivity contribution in [1.82, 2.24) is 15.0 Å². The molecule has 2 aromatic rings. The Kier molecular flexibility index (Phi) is 3.28. The molecule has 1 unspecified atom stereocenters. The Morgan fingerprint density at radius 2 is 2.24 bits per heavy atom.